The number of nitrogens with zero attached hydrogens (tertiary/aromatic N) is 1. The van der Waals surface area contributed by atoms with E-state index < -0.39 is 0 Å². The number of benzene rings is 1. The van der Waals surface area contributed by atoms with Crippen molar-refractivity contribution in [3.63, 3.8) is 0 Å². The smallest absolute Gasteiger partial charge is 0.122 e. The molecule has 1 atom stereocenters. The summed E-state index contributed by atoms with van der Waals surface area (Å²) in [5.74, 6) is 2.13. The fraction of sp³-hybridized carbons (Fsp3) is 0.600. The number of likely N-dealkylation sites (tertiary alicyclic amines) is 1. The van der Waals surface area contributed by atoms with Gasteiger partial charge in [-0.2, -0.15) is 0 Å². The predicted octanol–water partition coefficient (Wildman–Crippen LogP) is 1.83. The molecular weight excluding hydrogens is 224 g/mol. The molecule has 0 radical (unpaired) electrons. The fourth-order valence-corrected chi connectivity index (χ4v) is 2.97. The van der Waals surface area contributed by atoms with Crippen LogP contribution in [0, 0.1) is 5.92 Å². The van der Waals surface area contributed by atoms with Crippen LogP contribution in [0.4, 0.5) is 0 Å². The van der Waals surface area contributed by atoms with Crippen molar-refractivity contribution in [2.24, 2.45) is 11.7 Å². The third kappa shape index (κ3) is 1.91. The number of fused-ring (bicyclic) bond motifs is 1. The number of hydrogen-bond donors (Lipinski definition) is 1. The molecule has 1 aromatic rings. The van der Waals surface area contributed by atoms with E-state index in [4.69, 9.17) is 10.5 Å². The highest BCUT2D eigenvalue weighted by molar-refractivity contribution is 5.39. The maximum absolute atomic E-state index is 6.33. The molecule has 3 rings (SSSR count). The Morgan fingerprint density at radius 2 is 2.11 bits per heavy atom. The van der Waals surface area contributed by atoms with Crippen LogP contribution in [0.3, 0.4) is 0 Å². The molecule has 0 aliphatic carbocycles. The molecule has 1 unspecified atom stereocenters. The molecule has 3 heteroatoms. The zero-order valence-electron chi connectivity index (χ0n) is 11.2. The first-order valence-electron chi connectivity index (χ1n) is 6.81. The largest absolute Gasteiger partial charge is 0.493 e. The standard InChI is InChI=1S/C15H22N2O/c1-11(2)15(16)9-17(10-15)7-12-8-18-14-6-4-3-5-13(12)14/h3-6,11-12H,7-10,16H2,1-2H3. The monoisotopic (exact) mass is 246 g/mol. The lowest BCUT2D eigenvalue weighted by atomic mass is 9.79. The Labute approximate surface area is 109 Å². The van der Waals surface area contributed by atoms with Gasteiger partial charge < -0.3 is 10.5 Å². The Morgan fingerprint density at radius 3 is 2.83 bits per heavy atom. The average Bonchev–Trinajstić information content (AvgIpc) is 2.70. The normalized spacial score (nSPS) is 25.7. The summed E-state index contributed by atoms with van der Waals surface area (Å²) in [6.45, 7) is 8.35. The van der Waals surface area contributed by atoms with Crippen molar-refractivity contribution < 1.29 is 4.74 Å². The molecule has 1 aromatic carbocycles. The molecule has 18 heavy (non-hydrogen) atoms. The highest BCUT2D eigenvalue weighted by Gasteiger charge is 2.43. The summed E-state index contributed by atoms with van der Waals surface area (Å²) in [6, 6.07) is 8.38. The molecule has 0 spiro atoms. The summed E-state index contributed by atoms with van der Waals surface area (Å²) in [5.41, 5.74) is 7.72. The van der Waals surface area contributed by atoms with Crippen molar-refractivity contribution in [1.82, 2.24) is 4.90 Å². The third-order valence-corrected chi connectivity index (χ3v) is 4.46. The van der Waals surface area contributed by atoms with E-state index in [1.807, 2.05) is 6.07 Å². The van der Waals surface area contributed by atoms with Crippen molar-refractivity contribution in [3.05, 3.63) is 29.8 Å². The van der Waals surface area contributed by atoms with Gasteiger partial charge in [0.1, 0.15) is 5.75 Å². The van der Waals surface area contributed by atoms with Crippen LogP contribution in [-0.4, -0.2) is 36.7 Å². The molecule has 0 bridgehead atoms. The van der Waals surface area contributed by atoms with Crippen molar-refractivity contribution in [2.75, 3.05) is 26.2 Å². The molecule has 98 valence electrons. The number of rotatable bonds is 3. The van der Waals surface area contributed by atoms with Gasteiger partial charge in [-0.25, -0.2) is 0 Å². The van der Waals surface area contributed by atoms with Crippen molar-refractivity contribution in [3.8, 4) is 5.75 Å². The topological polar surface area (TPSA) is 38.5 Å². The molecule has 1 fully saturated rings. The molecule has 0 amide bonds. The summed E-state index contributed by atoms with van der Waals surface area (Å²) in [6.07, 6.45) is 0. The van der Waals surface area contributed by atoms with Crippen molar-refractivity contribution >= 4 is 0 Å². The second kappa shape index (κ2) is 4.25. The number of ether oxygens (including phenoxy) is 1. The lowest BCUT2D eigenvalue weighted by molar-refractivity contribution is 0.0313. The van der Waals surface area contributed by atoms with Gasteiger partial charge in [0, 0.05) is 36.7 Å². The van der Waals surface area contributed by atoms with Crippen LogP contribution < -0.4 is 10.5 Å². The molecule has 1 saturated heterocycles. The third-order valence-electron chi connectivity index (χ3n) is 4.46. The summed E-state index contributed by atoms with van der Waals surface area (Å²) in [5, 5.41) is 0. The van der Waals surface area contributed by atoms with Crippen LogP contribution in [0.25, 0.3) is 0 Å². The summed E-state index contributed by atoms with van der Waals surface area (Å²) >= 11 is 0. The molecule has 0 aromatic heterocycles. The summed E-state index contributed by atoms with van der Waals surface area (Å²) in [4.78, 5) is 2.45. The minimum atomic E-state index is 0.0268. The van der Waals surface area contributed by atoms with E-state index in [0.29, 0.717) is 11.8 Å². The maximum atomic E-state index is 6.33. The minimum absolute atomic E-state index is 0.0268. The predicted molar refractivity (Wildman–Crippen MR) is 72.9 cm³/mol. The van der Waals surface area contributed by atoms with E-state index in [-0.39, 0.29) is 5.54 Å². The van der Waals surface area contributed by atoms with Gasteiger partial charge in [-0.15, -0.1) is 0 Å². The Morgan fingerprint density at radius 1 is 1.39 bits per heavy atom. The number of hydrogen-bond acceptors (Lipinski definition) is 3. The van der Waals surface area contributed by atoms with E-state index in [0.717, 1.165) is 32.0 Å². The van der Waals surface area contributed by atoms with Crippen LogP contribution in [0.2, 0.25) is 0 Å². The molecule has 3 nitrogen and oxygen atoms in total. The lowest BCUT2D eigenvalue weighted by Crippen LogP contribution is -2.70. The molecule has 0 saturated carbocycles. The van der Waals surface area contributed by atoms with Crippen LogP contribution in [0.5, 0.6) is 5.75 Å². The first-order chi connectivity index (χ1) is 8.58. The quantitative estimate of drug-likeness (QED) is 0.884. The Bertz CT molecular complexity index is 438. The van der Waals surface area contributed by atoms with Crippen LogP contribution >= 0.6 is 0 Å². The highest BCUT2D eigenvalue weighted by Crippen LogP contribution is 2.36. The van der Waals surface area contributed by atoms with E-state index >= 15 is 0 Å². The Balaban J connectivity index is 1.61. The lowest BCUT2D eigenvalue weighted by Gasteiger charge is -2.51. The Hall–Kier alpha value is -1.06. The fourth-order valence-electron chi connectivity index (χ4n) is 2.97. The van der Waals surface area contributed by atoms with Gasteiger partial charge in [-0.05, 0) is 12.0 Å². The van der Waals surface area contributed by atoms with Crippen LogP contribution in [0.1, 0.15) is 25.3 Å². The molecule has 2 N–H and O–H groups in total. The van der Waals surface area contributed by atoms with Crippen LogP contribution in [0.15, 0.2) is 24.3 Å². The van der Waals surface area contributed by atoms with Gasteiger partial charge in [0.15, 0.2) is 0 Å². The van der Waals surface area contributed by atoms with E-state index in [2.05, 4.69) is 36.9 Å². The van der Waals surface area contributed by atoms with E-state index in [1.54, 1.807) is 0 Å². The maximum Gasteiger partial charge on any atom is 0.122 e. The zero-order valence-corrected chi connectivity index (χ0v) is 11.2. The number of nitrogens with two attached hydrogens (primary N) is 1. The van der Waals surface area contributed by atoms with Gasteiger partial charge in [0.2, 0.25) is 0 Å². The van der Waals surface area contributed by atoms with Crippen molar-refractivity contribution in [1.29, 1.82) is 0 Å². The van der Waals surface area contributed by atoms with E-state index in [1.165, 1.54) is 5.56 Å². The molecular formula is C15H22N2O. The molecule has 2 heterocycles. The van der Waals surface area contributed by atoms with Gasteiger partial charge in [0.25, 0.3) is 0 Å². The molecule has 2 aliphatic heterocycles. The van der Waals surface area contributed by atoms with Gasteiger partial charge in [-0.3, -0.25) is 4.90 Å². The zero-order chi connectivity index (χ0) is 12.8. The first kappa shape index (κ1) is 12.0. The second-order valence-electron chi connectivity index (χ2n) is 6.10. The average molecular weight is 246 g/mol. The van der Waals surface area contributed by atoms with Gasteiger partial charge >= 0.3 is 0 Å². The molecule has 2 aliphatic rings. The summed E-state index contributed by atoms with van der Waals surface area (Å²) in [7, 11) is 0. The second-order valence-corrected chi connectivity index (χ2v) is 6.10. The van der Waals surface area contributed by atoms with Crippen LogP contribution in [-0.2, 0) is 0 Å². The first-order valence-corrected chi connectivity index (χ1v) is 6.81. The van der Waals surface area contributed by atoms with Gasteiger partial charge in [-0.1, -0.05) is 32.0 Å². The summed E-state index contributed by atoms with van der Waals surface area (Å²) < 4.78 is 5.72. The number of para-hydroxylation sites is 1. The SMILES string of the molecule is CC(C)C1(N)CN(CC2COc3ccccc32)C1. The highest BCUT2D eigenvalue weighted by atomic mass is 16.5. The minimum Gasteiger partial charge on any atom is -0.493 e. The van der Waals surface area contributed by atoms with Gasteiger partial charge in [0.05, 0.1) is 6.61 Å². The van der Waals surface area contributed by atoms with Crippen molar-refractivity contribution in [2.45, 2.75) is 25.3 Å². The van der Waals surface area contributed by atoms with E-state index in [9.17, 15) is 0 Å². The Kier molecular flexibility index (Phi) is 2.83.